The van der Waals surface area contributed by atoms with Gasteiger partial charge in [0.2, 0.25) is 0 Å². The van der Waals surface area contributed by atoms with Crippen molar-refractivity contribution in [3.05, 3.63) is 70.3 Å². The minimum Gasteiger partial charge on any atom is -0.194 e. The maximum absolute atomic E-state index is 14.5. The zero-order chi connectivity index (χ0) is 15.8. The van der Waals surface area contributed by atoms with Gasteiger partial charge in [-0.15, -0.1) is 0 Å². The topological polar surface area (TPSA) is 0 Å². The van der Waals surface area contributed by atoms with E-state index in [1.54, 1.807) is 6.92 Å². The molecule has 0 aliphatic heterocycles. The molecule has 2 rings (SSSR count). The molecule has 112 valence electrons. The summed E-state index contributed by atoms with van der Waals surface area (Å²) in [6.45, 7) is 4.62. The van der Waals surface area contributed by atoms with Crippen LogP contribution in [0.15, 0.2) is 42.5 Å². The molecule has 0 bridgehead atoms. The third-order valence-corrected chi connectivity index (χ3v) is 3.52. The van der Waals surface area contributed by atoms with Crippen LogP contribution in [0.2, 0.25) is 0 Å². The standard InChI is InChI=1S/C17H16F4/c1-11-9-12(2)15(13(3)10-11)17(20,21)16(18,19)14-7-5-4-6-8-14/h4-10H,1-3H3. The first-order chi connectivity index (χ1) is 9.68. The summed E-state index contributed by atoms with van der Waals surface area (Å²) in [5.41, 5.74) is -0.162. The molecule has 0 spiro atoms. The van der Waals surface area contributed by atoms with Crippen LogP contribution in [0.4, 0.5) is 17.6 Å². The van der Waals surface area contributed by atoms with Crippen LogP contribution in [0.1, 0.15) is 27.8 Å². The lowest BCUT2D eigenvalue weighted by atomic mass is 9.89. The lowest BCUT2D eigenvalue weighted by Crippen LogP contribution is -2.37. The van der Waals surface area contributed by atoms with E-state index < -0.39 is 23.0 Å². The summed E-state index contributed by atoms with van der Waals surface area (Å²) in [6.07, 6.45) is 0. The van der Waals surface area contributed by atoms with Gasteiger partial charge in [0.1, 0.15) is 0 Å². The number of alkyl halides is 4. The molecule has 0 atom stereocenters. The van der Waals surface area contributed by atoms with Gasteiger partial charge in [0.05, 0.1) is 0 Å². The van der Waals surface area contributed by atoms with E-state index in [1.165, 1.54) is 44.2 Å². The van der Waals surface area contributed by atoms with Crippen LogP contribution in [-0.4, -0.2) is 0 Å². The first-order valence-corrected chi connectivity index (χ1v) is 6.57. The van der Waals surface area contributed by atoms with Gasteiger partial charge in [-0.3, -0.25) is 0 Å². The van der Waals surface area contributed by atoms with Gasteiger partial charge >= 0.3 is 11.8 Å². The van der Waals surface area contributed by atoms with Crippen LogP contribution in [0.25, 0.3) is 0 Å². The van der Waals surface area contributed by atoms with E-state index in [1.807, 2.05) is 0 Å². The molecule has 2 aromatic rings. The van der Waals surface area contributed by atoms with Crippen molar-refractivity contribution < 1.29 is 17.6 Å². The van der Waals surface area contributed by atoms with Crippen LogP contribution in [0, 0.1) is 20.8 Å². The second-order valence-corrected chi connectivity index (χ2v) is 5.29. The first kappa shape index (κ1) is 15.5. The summed E-state index contributed by atoms with van der Waals surface area (Å²) in [5.74, 6) is -8.53. The fourth-order valence-electron chi connectivity index (χ4n) is 2.66. The summed E-state index contributed by atoms with van der Waals surface area (Å²) in [7, 11) is 0. The average molecular weight is 296 g/mol. The van der Waals surface area contributed by atoms with Crippen molar-refractivity contribution in [3.8, 4) is 0 Å². The Morgan fingerprint density at radius 1 is 0.714 bits per heavy atom. The van der Waals surface area contributed by atoms with Gasteiger partial charge < -0.3 is 0 Å². The van der Waals surface area contributed by atoms with Crippen LogP contribution in [0.3, 0.4) is 0 Å². The van der Waals surface area contributed by atoms with Crippen LogP contribution < -0.4 is 0 Å². The highest BCUT2D eigenvalue weighted by atomic mass is 19.3. The minimum absolute atomic E-state index is 0.174. The van der Waals surface area contributed by atoms with Crippen molar-refractivity contribution >= 4 is 0 Å². The summed E-state index contributed by atoms with van der Waals surface area (Å²) in [4.78, 5) is 0. The third kappa shape index (κ3) is 2.55. The second kappa shape index (κ2) is 5.17. The Bertz CT molecular complexity index is 622. The van der Waals surface area contributed by atoms with E-state index in [0.29, 0.717) is 0 Å². The first-order valence-electron chi connectivity index (χ1n) is 6.57. The maximum Gasteiger partial charge on any atom is 0.340 e. The number of benzene rings is 2. The summed E-state index contributed by atoms with van der Waals surface area (Å²) >= 11 is 0. The second-order valence-electron chi connectivity index (χ2n) is 5.29. The predicted octanol–water partition coefficient (Wildman–Crippen LogP) is 5.50. The predicted molar refractivity (Wildman–Crippen MR) is 74.9 cm³/mol. The Morgan fingerprint density at radius 3 is 1.67 bits per heavy atom. The SMILES string of the molecule is Cc1cc(C)c(C(F)(F)C(F)(F)c2ccccc2)c(C)c1. The molecule has 0 aliphatic rings. The highest BCUT2D eigenvalue weighted by Crippen LogP contribution is 2.51. The van der Waals surface area contributed by atoms with E-state index in [0.717, 1.165) is 17.7 Å². The fraction of sp³-hybridized carbons (Fsp3) is 0.294. The summed E-state index contributed by atoms with van der Waals surface area (Å²) in [6, 6.07) is 9.20. The van der Waals surface area contributed by atoms with Crippen molar-refractivity contribution in [2.75, 3.05) is 0 Å². The Labute approximate surface area is 121 Å². The maximum atomic E-state index is 14.5. The number of rotatable bonds is 3. The molecule has 0 aliphatic carbocycles. The molecule has 0 fully saturated rings. The normalized spacial score (nSPS) is 12.5. The van der Waals surface area contributed by atoms with Crippen molar-refractivity contribution in [1.82, 2.24) is 0 Å². The van der Waals surface area contributed by atoms with E-state index in [-0.39, 0.29) is 11.1 Å². The van der Waals surface area contributed by atoms with Crippen LogP contribution >= 0.6 is 0 Å². The van der Waals surface area contributed by atoms with Crippen LogP contribution in [-0.2, 0) is 11.8 Å². The average Bonchev–Trinajstić information content (AvgIpc) is 2.37. The van der Waals surface area contributed by atoms with Crippen LogP contribution in [0.5, 0.6) is 0 Å². The zero-order valence-electron chi connectivity index (χ0n) is 12.1. The molecule has 0 aromatic heterocycles. The smallest absolute Gasteiger partial charge is 0.194 e. The third-order valence-electron chi connectivity index (χ3n) is 3.52. The number of halogens is 4. The van der Waals surface area contributed by atoms with Crippen molar-refractivity contribution in [2.24, 2.45) is 0 Å². The van der Waals surface area contributed by atoms with Gasteiger partial charge in [-0.25, -0.2) is 0 Å². The highest BCUT2D eigenvalue weighted by molar-refractivity contribution is 5.43. The van der Waals surface area contributed by atoms with E-state index in [4.69, 9.17) is 0 Å². The number of hydrogen-bond acceptors (Lipinski definition) is 0. The molecule has 21 heavy (non-hydrogen) atoms. The molecule has 0 saturated heterocycles. The molecule has 2 aromatic carbocycles. The Balaban J connectivity index is 2.62. The van der Waals surface area contributed by atoms with Gasteiger partial charge in [0, 0.05) is 11.1 Å². The van der Waals surface area contributed by atoms with Gasteiger partial charge in [-0.1, -0.05) is 48.0 Å². The lowest BCUT2D eigenvalue weighted by Gasteiger charge is -2.29. The highest BCUT2D eigenvalue weighted by Gasteiger charge is 2.59. The Kier molecular flexibility index (Phi) is 3.83. The van der Waals surface area contributed by atoms with Crippen molar-refractivity contribution in [3.63, 3.8) is 0 Å². The zero-order valence-corrected chi connectivity index (χ0v) is 12.1. The number of hydrogen-bond donors (Lipinski definition) is 0. The Morgan fingerprint density at radius 2 is 1.19 bits per heavy atom. The fourth-order valence-corrected chi connectivity index (χ4v) is 2.66. The molecular weight excluding hydrogens is 280 g/mol. The van der Waals surface area contributed by atoms with E-state index >= 15 is 0 Å². The molecular formula is C17H16F4. The summed E-state index contributed by atoms with van der Waals surface area (Å²) in [5, 5.41) is 0. The van der Waals surface area contributed by atoms with Gasteiger partial charge in [-0.2, -0.15) is 17.6 Å². The molecule has 0 N–H and O–H groups in total. The minimum atomic E-state index is -4.27. The van der Waals surface area contributed by atoms with Gasteiger partial charge in [0.25, 0.3) is 0 Å². The molecule has 0 unspecified atom stereocenters. The van der Waals surface area contributed by atoms with Crippen molar-refractivity contribution in [2.45, 2.75) is 32.6 Å². The molecule has 0 amide bonds. The van der Waals surface area contributed by atoms with Crippen molar-refractivity contribution in [1.29, 1.82) is 0 Å². The van der Waals surface area contributed by atoms with E-state index in [9.17, 15) is 17.6 Å². The van der Waals surface area contributed by atoms with Gasteiger partial charge in [-0.05, 0) is 31.9 Å². The quantitative estimate of drug-likeness (QED) is 0.656. The molecule has 4 heteroatoms. The molecule has 0 nitrogen and oxygen atoms in total. The van der Waals surface area contributed by atoms with Gasteiger partial charge in [0.15, 0.2) is 0 Å². The Hall–Kier alpha value is -1.84. The molecule has 0 saturated carbocycles. The molecule has 0 radical (unpaired) electrons. The largest absolute Gasteiger partial charge is 0.340 e. The number of aryl methyl sites for hydroxylation is 3. The van der Waals surface area contributed by atoms with E-state index in [2.05, 4.69) is 0 Å². The monoisotopic (exact) mass is 296 g/mol. The molecule has 0 heterocycles. The lowest BCUT2D eigenvalue weighted by molar-refractivity contribution is -0.224. The summed E-state index contributed by atoms with van der Waals surface area (Å²) < 4.78 is 57.7.